The topological polar surface area (TPSA) is 56.3 Å². The van der Waals surface area contributed by atoms with Crippen molar-refractivity contribution in [2.75, 3.05) is 12.1 Å². The summed E-state index contributed by atoms with van der Waals surface area (Å²) < 4.78 is 10.7. The van der Waals surface area contributed by atoms with E-state index >= 15 is 0 Å². The standard InChI is InChI=1S/C18H15N3O2/c1-2-4-14(5-3-1)15-10-19-11-21-18(15)20-9-13-6-7-16-17(8-13)23-12-22-16/h1-8,10-11H,9,12H2,(H,19,20,21). The van der Waals surface area contributed by atoms with Crippen molar-refractivity contribution in [3.63, 3.8) is 0 Å². The quantitative estimate of drug-likeness (QED) is 0.799. The third-order valence-electron chi connectivity index (χ3n) is 3.69. The zero-order chi connectivity index (χ0) is 15.5. The van der Waals surface area contributed by atoms with Crippen LogP contribution in [0.5, 0.6) is 11.5 Å². The number of benzene rings is 2. The van der Waals surface area contributed by atoms with Crippen LogP contribution < -0.4 is 14.8 Å². The van der Waals surface area contributed by atoms with Crippen LogP contribution >= 0.6 is 0 Å². The highest BCUT2D eigenvalue weighted by Gasteiger charge is 2.13. The van der Waals surface area contributed by atoms with Crippen LogP contribution in [0.1, 0.15) is 5.56 Å². The van der Waals surface area contributed by atoms with Crippen LogP contribution in [0.25, 0.3) is 11.1 Å². The van der Waals surface area contributed by atoms with Gasteiger partial charge in [0.2, 0.25) is 6.79 Å². The fraction of sp³-hybridized carbons (Fsp3) is 0.111. The minimum atomic E-state index is 0.288. The van der Waals surface area contributed by atoms with Gasteiger partial charge in [0.25, 0.3) is 0 Å². The van der Waals surface area contributed by atoms with Crippen LogP contribution in [0, 0.1) is 0 Å². The minimum Gasteiger partial charge on any atom is -0.454 e. The Labute approximate surface area is 133 Å². The third-order valence-corrected chi connectivity index (χ3v) is 3.69. The van der Waals surface area contributed by atoms with Crippen LogP contribution in [0.15, 0.2) is 61.1 Å². The van der Waals surface area contributed by atoms with E-state index in [-0.39, 0.29) is 6.79 Å². The molecule has 23 heavy (non-hydrogen) atoms. The van der Waals surface area contributed by atoms with Gasteiger partial charge >= 0.3 is 0 Å². The zero-order valence-corrected chi connectivity index (χ0v) is 12.4. The molecule has 0 saturated heterocycles. The molecule has 0 unspecified atom stereocenters. The summed E-state index contributed by atoms with van der Waals surface area (Å²) in [6, 6.07) is 16.0. The Morgan fingerprint density at radius 2 is 1.87 bits per heavy atom. The van der Waals surface area contributed by atoms with E-state index in [9.17, 15) is 0 Å². The van der Waals surface area contributed by atoms with Gasteiger partial charge in [0.15, 0.2) is 11.5 Å². The number of hydrogen-bond acceptors (Lipinski definition) is 5. The van der Waals surface area contributed by atoms with Crippen molar-refractivity contribution in [1.82, 2.24) is 9.97 Å². The number of nitrogens with zero attached hydrogens (tertiary/aromatic N) is 2. The molecule has 0 spiro atoms. The summed E-state index contributed by atoms with van der Waals surface area (Å²) in [5.41, 5.74) is 3.17. The van der Waals surface area contributed by atoms with E-state index in [0.717, 1.165) is 34.0 Å². The normalized spacial score (nSPS) is 12.2. The first-order chi connectivity index (χ1) is 11.4. The van der Waals surface area contributed by atoms with Crippen molar-refractivity contribution in [3.05, 3.63) is 66.6 Å². The first-order valence-electron chi connectivity index (χ1n) is 7.38. The van der Waals surface area contributed by atoms with Crippen molar-refractivity contribution in [2.24, 2.45) is 0 Å². The van der Waals surface area contributed by atoms with Crippen LogP contribution in [0.4, 0.5) is 5.82 Å². The second-order valence-electron chi connectivity index (χ2n) is 5.19. The Bertz CT molecular complexity index is 822. The molecule has 2 aromatic carbocycles. The van der Waals surface area contributed by atoms with Gasteiger partial charge in [0.05, 0.1) is 0 Å². The van der Waals surface area contributed by atoms with Gasteiger partial charge in [-0.3, -0.25) is 0 Å². The third kappa shape index (κ3) is 2.81. The van der Waals surface area contributed by atoms with E-state index in [1.807, 2.05) is 54.7 Å². The van der Waals surface area contributed by atoms with Gasteiger partial charge < -0.3 is 14.8 Å². The lowest BCUT2D eigenvalue weighted by atomic mass is 10.1. The van der Waals surface area contributed by atoms with Crippen molar-refractivity contribution >= 4 is 5.82 Å². The van der Waals surface area contributed by atoms with E-state index < -0.39 is 0 Å². The second kappa shape index (κ2) is 5.96. The smallest absolute Gasteiger partial charge is 0.231 e. The molecule has 0 radical (unpaired) electrons. The molecule has 1 N–H and O–H groups in total. The number of ether oxygens (including phenoxy) is 2. The van der Waals surface area contributed by atoms with Gasteiger partial charge in [-0.2, -0.15) is 0 Å². The molecule has 5 heteroatoms. The van der Waals surface area contributed by atoms with Gasteiger partial charge in [-0.15, -0.1) is 0 Å². The number of hydrogen-bond donors (Lipinski definition) is 1. The summed E-state index contributed by atoms with van der Waals surface area (Å²) in [5.74, 6) is 2.39. The molecule has 5 nitrogen and oxygen atoms in total. The Balaban J connectivity index is 1.56. The highest BCUT2D eigenvalue weighted by Crippen LogP contribution is 2.33. The lowest BCUT2D eigenvalue weighted by molar-refractivity contribution is 0.174. The Morgan fingerprint density at radius 3 is 2.78 bits per heavy atom. The lowest BCUT2D eigenvalue weighted by Crippen LogP contribution is -2.03. The van der Waals surface area contributed by atoms with Gasteiger partial charge in [-0.05, 0) is 23.3 Å². The largest absolute Gasteiger partial charge is 0.454 e. The molecule has 114 valence electrons. The first kappa shape index (κ1) is 13.6. The summed E-state index contributed by atoms with van der Waals surface area (Å²) in [5, 5.41) is 3.37. The summed E-state index contributed by atoms with van der Waals surface area (Å²) in [4.78, 5) is 8.50. The molecular formula is C18H15N3O2. The molecule has 0 saturated carbocycles. The predicted molar refractivity (Wildman–Crippen MR) is 87.4 cm³/mol. The van der Waals surface area contributed by atoms with E-state index in [1.165, 1.54) is 0 Å². The molecule has 0 aliphatic carbocycles. The summed E-state index contributed by atoms with van der Waals surface area (Å²) >= 11 is 0. The minimum absolute atomic E-state index is 0.288. The lowest BCUT2D eigenvalue weighted by Gasteiger charge is -2.11. The van der Waals surface area contributed by atoms with E-state index in [1.54, 1.807) is 6.33 Å². The molecule has 4 rings (SSSR count). The van der Waals surface area contributed by atoms with E-state index in [0.29, 0.717) is 6.54 Å². The van der Waals surface area contributed by atoms with Crippen molar-refractivity contribution in [3.8, 4) is 22.6 Å². The molecule has 0 atom stereocenters. The molecule has 3 aromatic rings. The van der Waals surface area contributed by atoms with Crippen LogP contribution in [0.3, 0.4) is 0 Å². The fourth-order valence-corrected chi connectivity index (χ4v) is 2.54. The van der Waals surface area contributed by atoms with Crippen molar-refractivity contribution in [2.45, 2.75) is 6.54 Å². The van der Waals surface area contributed by atoms with Crippen LogP contribution in [-0.4, -0.2) is 16.8 Å². The van der Waals surface area contributed by atoms with Gasteiger partial charge in [-0.1, -0.05) is 36.4 Å². The SMILES string of the molecule is c1ccc(-c2cncnc2NCc2ccc3c(c2)OCO3)cc1. The Kier molecular flexibility index (Phi) is 3.52. The monoisotopic (exact) mass is 305 g/mol. The average Bonchev–Trinajstić information content (AvgIpc) is 3.09. The fourth-order valence-electron chi connectivity index (χ4n) is 2.54. The number of anilines is 1. The molecule has 1 aliphatic rings. The molecule has 1 aromatic heterocycles. The van der Waals surface area contributed by atoms with E-state index in [2.05, 4.69) is 15.3 Å². The number of fused-ring (bicyclic) bond motifs is 1. The highest BCUT2D eigenvalue weighted by atomic mass is 16.7. The second-order valence-corrected chi connectivity index (χ2v) is 5.19. The summed E-state index contributed by atoms with van der Waals surface area (Å²) in [6.07, 6.45) is 3.37. The van der Waals surface area contributed by atoms with Gasteiger partial charge in [0.1, 0.15) is 12.1 Å². The average molecular weight is 305 g/mol. The Morgan fingerprint density at radius 1 is 1.00 bits per heavy atom. The van der Waals surface area contributed by atoms with Crippen LogP contribution in [0.2, 0.25) is 0 Å². The first-order valence-corrected chi connectivity index (χ1v) is 7.38. The van der Waals surface area contributed by atoms with E-state index in [4.69, 9.17) is 9.47 Å². The number of rotatable bonds is 4. The highest BCUT2D eigenvalue weighted by molar-refractivity contribution is 5.74. The summed E-state index contributed by atoms with van der Waals surface area (Å²) in [7, 11) is 0. The molecule has 0 bridgehead atoms. The molecule has 0 amide bonds. The summed E-state index contributed by atoms with van der Waals surface area (Å²) in [6.45, 7) is 0.934. The molecule has 1 aliphatic heterocycles. The molecule has 0 fully saturated rings. The molecular weight excluding hydrogens is 290 g/mol. The van der Waals surface area contributed by atoms with Crippen molar-refractivity contribution < 1.29 is 9.47 Å². The maximum absolute atomic E-state index is 5.41. The zero-order valence-electron chi connectivity index (χ0n) is 12.4. The maximum atomic E-state index is 5.41. The Hall–Kier alpha value is -3.08. The number of nitrogens with one attached hydrogen (secondary N) is 1. The molecule has 2 heterocycles. The van der Waals surface area contributed by atoms with Crippen molar-refractivity contribution in [1.29, 1.82) is 0 Å². The van der Waals surface area contributed by atoms with Gasteiger partial charge in [0, 0.05) is 18.3 Å². The number of aromatic nitrogens is 2. The van der Waals surface area contributed by atoms with Gasteiger partial charge in [-0.25, -0.2) is 9.97 Å². The van der Waals surface area contributed by atoms with Crippen LogP contribution in [-0.2, 0) is 6.54 Å². The predicted octanol–water partition coefficient (Wildman–Crippen LogP) is 3.48. The maximum Gasteiger partial charge on any atom is 0.231 e.